The second-order valence-corrected chi connectivity index (χ2v) is 7.20. The maximum Gasteiger partial charge on any atom is 0.254 e. The standard InChI is InChI=1S/C21H23N5O2/c1-15(2)26-20(22-23-24-26)14-28-19-9-5-8-17(12-19)21(27)25-11-10-16-6-3-4-7-18(16)13-25/h3-9,12,15H,10-11,13-14H2,1-2H3. The molecule has 0 spiro atoms. The molecule has 7 nitrogen and oxygen atoms in total. The molecule has 3 aromatic rings. The Kier molecular flexibility index (Phi) is 5.06. The number of tetrazole rings is 1. The molecule has 2 heterocycles. The average Bonchev–Trinajstić information content (AvgIpc) is 3.20. The number of benzene rings is 2. The molecule has 7 heteroatoms. The van der Waals surface area contributed by atoms with Crippen molar-refractivity contribution in [3.05, 3.63) is 71.0 Å². The number of aromatic nitrogens is 4. The summed E-state index contributed by atoms with van der Waals surface area (Å²) in [6.07, 6.45) is 0.885. The molecular formula is C21H23N5O2. The van der Waals surface area contributed by atoms with E-state index in [2.05, 4.69) is 27.7 Å². The van der Waals surface area contributed by atoms with Crippen LogP contribution in [0.15, 0.2) is 48.5 Å². The molecule has 28 heavy (non-hydrogen) atoms. The third-order valence-corrected chi connectivity index (χ3v) is 4.92. The molecule has 0 bridgehead atoms. The van der Waals surface area contributed by atoms with Crippen LogP contribution in [0.1, 0.15) is 47.2 Å². The first-order valence-electron chi connectivity index (χ1n) is 9.47. The van der Waals surface area contributed by atoms with Gasteiger partial charge in [-0.25, -0.2) is 4.68 Å². The van der Waals surface area contributed by atoms with Crippen molar-refractivity contribution in [1.29, 1.82) is 0 Å². The highest BCUT2D eigenvalue weighted by molar-refractivity contribution is 5.94. The molecule has 2 aromatic carbocycles. The average molecular weight is 377 g/mol. The highest BCUT2D eigenvalue weighted by Crippen LogP contribution is 2.22. The van der Waals surface area contributed by atoms with E-state index in [1.807, 2.05) is 49.1 Å². The summed E-state index contributed by atoms with van der Waals surface area (Å²) < 4.78 is 7.56. The summed E-state index contributed by atoms with van der Waals surface area (Å²) in [5, 5.41) is 11.7. The molecule has 0 atom stereocenters. The van der Waals surface area contributed by atoms with Crippen LogP contribution in [0.4, 0.5) is 0 Å². The Morgan fingerprint density at radius 1 is 1.14 bits per heavy atom. The van der Waals surface area contributed by atoms with Gasteiger partial charge in [-0.15, -0.1) is 5.10 Å². The van der Waals surface area contributed by atoms with Crippen LogP contribution in [-0.2, 0) is 19.6 Å². The van der Waals surface area contributed by atoms with Crippen molar-refractivity contribution in [3.8, 4) is 5.75 Å². The van der Waals surface area contributed by atoms with Gasteiger partial charge < -0.3 is 9.64 Å². The fraction of sp³-hybridized carbons (Fsp3) is 0.333. The van der Waals surface area contributed by atoms with E-state index in [0.29, 0.717) is 23.7 Å². The molecule has 0 fully saturated rings. The van der Waals surface area contributed by atoms with Gasteiger partial charge in [0.15, 0.2) is 5.82 Å². The molecule has 1 aliphatic rings. The smallest absolute Gasteiger partial charge is 0.254 e. The molecule has 0 saturated heterocycles. The van der Waals surface area contributed by atoms with Crippen LogP contribution in [0.5, 0.6) is 5.75 Å². The van der Waals surface area contributed by atoms with E-state index >= 15 is 0 Å². The predicted molar refractivity (Wildman–Crippen MR) is 104 cm³/mol. The number of carbonyl (C=O) groups excluding carboxylic acids is 1. The topological polar surface area (TPSA) is 73.1 Å². The zero-order valence-electron chi connectivity index (χ0n) is 16.1. The van der Waals surface area contributed by atoms with Crippen molar-refractivity contribution in [3.63, 3.8) is 0 Å². The fourth-order valence-corrected chi connectivity index (χ4v) is 3.43. The lowest BCUT2D eigenvalue weighted by Gasteiger charge is -2.29. The predicted octanol–water partition coefficient (Wildman–Crippen LogP) is 3.03. The first-order valence-corrected chi connectivity index (χ1v) is 9.47. The number of nitrogens with zero attached hydrogens (tertiary/aromatic N) is 5. The molecule has 0 aliphatic carbocycles. The second kappa shape index (κ2) is 7.80. The second-order valence-electron chi connectivity index (χ2n) is 7.20. The van der Waals surface area contributed by atoms with E-state index < -0.39 is 0 Å². The Morgan fingerprint density at radius 3 is 2.79 bits per heavy atom. The summed E-state index contributed by atoms with van der Waals surface area (Å²) in [7, 11) is 0. The molecular weight excluding hydrogens is 354 g/mol. The Labute approximate surface area is 163 Å². The minimum Gasteiger partial charge on any atom is -0.486 e. The van der Waals surface area contributed by atoms with Crippen LogP contribution in [0, 0.1) is 0 Å². The number of amides is 1. The van der Waals surface area contributed by atoms with E-state index in [4.69, 9.17) is 4.74 Å². The van der Waals surface area contributed by atoms with Crippen LogP contribution in [-0.4, -0.2) is 37.6 Å². The van der Waals surface area contributed by atoms with Crippen molar-refractivity contribution in [2.75, 3.05) is 6.54 Å². The SMILES string of the molecule is CC(C)n1nnnc1COc1cccc(C(=O)N2CCc3ccccc3C2)c1. The summed E-state index contributed by atoms with van der Waals surface area (Å²) in [4.78, 5) is 14.9. The van der Waals surface area contributed by atoms with Crippen LogP contribution >= 0.6 is 0 Å². The summed E-state index contributed by atoms with van der Waals surface area (Å²) in [5.41, 5.74) is 3.17. The van der Waals surface area contributed by atoms with Crippen molar-refractivity contribution < 1.29 is 9.53 Å². The van der Waals surface area contributed by atoms with Gasteiger partial charge in [-0.1, -0.05) is 30.3 Å². The Bertz CT molecular complexity index is 982. The Morgan fingerprint density at radius 2 is 1.96 bits per heavy atom. The number of carbonyl (C=O) groups is 1. The van der Waals surface area contributed by atoms with E-state index in [-0.39, 0.29) is 18.6 Å². The zero-order chi connectivity index (χ0) is 19.5. The number of rotatable bonds is 5. The summed E-state index contributed by atoms with van der Waals surface area (Å²) in [6, 6.07) is 15.7. The van der Waals surface area contributed by atoms with Gasteiger partial charge in [-0.05, 0) is 60.0 Å². The van der Waals surface area contributed by atoms with E-state index in [1.165, 1.54) is 11.1 Å². The molecule has 0 radical (unpaired) electrons. The lowest BCUT2D eigenvalue weighted by Crippen LogP contribution is -2.35. The first-order chi connectivity index (χ1) is 13.6. The quantitative estimate of drug-likeness (QED) is 0.683. The van der Waals surface area contributed by atoms with Gasteiger partial charge in [-0.2, -0.15) is 0 Å². The molecule has 0 N–H and O–H groups in total. The van der Waals surface area contributed by atoms with Gasteiger partial charge in [0, 0.05) is 18.7 Å². The van der Waals surface area contributed by atoms with E-state index in [1.54, 1.807) is 10.7 Å². The minimum absolute atomic E-state index is 0.0203. The lowest BCUT2D eigenvalue weighted by molar-refractivity contribution is 0.0734. The lowest BCUT2D eigenvalue weighted by atomic mass is 9.99. The van der Waals surface area contributed by atoms with Crippen molar-refractivity contribution >= 4 is 5.91 Å². The Hall–Kier alpha value is -3.22. The van der Waals surface area contributed by atoms with Crippen LogP contribution in [0.3, 0.4) is 0 Å². The van der Waals surface area contributed by atoms with Crippen LogP contribution < -0.4 is 4.74 Å². The van der Waals surface area contributed by atoms with Gasteiger partial charge in [0.25, 0.3) is 5.91 Å². The largest absolute Gasteiger partial charge is 0.486 e. The van der Waals surface area contributed by atoms with Gasteiger partial charge in [0.1, 0.15) is 12.4 Å². The summed E-state index contributed by atoms with van der Waals surface area (Å²) >= 11 is 0. The number of hydrogen-bond acceptors (Lipinski definition) is 5. The van der Waals surface area contributed by atoms with Crippen molar-refractivity contribution in [2.24, 2.45) is 0 Å². The van der Waals surface area contributed by atoms with Gasteiger partial charge in [-0.3, -0.25) is 4.79 Å². The number of fused-ring (bicyclic) bond motifs is 1. The molecule has 0 saturated carbocycles. The third-order valence-electron chi connectivity index (χ3n) is 4.92. The van der Waals surface area contributed by atoms with Gasteiger partial charge >= 0.3 is 0 Å². The van der Waals surface area contributed by atoms with Crippen LogP contribution in [0.2, 0.25) is 0 Å². The molecule has 1 aromatic heterocycles. The third kappa shape index (κ3) is 3.74. The number of hydrogen-bond donors (Lipinski definition) is 0. The maximum atomic E-state index is 13.0. The van der Waals surface area contributed by atoms with Gasteiger partial charge in [0.05, 0.1) is 6.04 Å². The van der Waals surface area contributed by atoms with Crippen LogP contribution in [0.25, 0.3) is 0 Å². The van der Waals surface area contributed by atoms with Gasteiger partial charge in [0.2, 0.25) is 0 Å². The minimum atomic E-state index is 0.0203. The normalized spacial score (nSPS) is 13.5. The fourth-order valence-electron chi connectivity index (χ4n) is 3.43. The maximum absolute atomic E-state index is 13.0. The monoisotopic (exact) mass is 377 g/mol. The molecule has 1 amide bonds. The van der Waals surface area contributed by atoms with E-state index in [9.17, 15) is 4.79 Å². The molecule has 0 unspecified atom stereocenters. The zero-order valence-corrected chi connectivity index (χ0v) is 16.1. The number of ether oxygens (including phenoxy) is 1. The van der Waals surface area contributed by atoms with E-state index in [0.717, 1.165) is 13.0 Å². The first kappa shape index (κ1) is 18.2. The Balaban J connectivity index is 1.45. The molecule has 4 rings (SSSR count). The highest BCUT2D eigenvalue weighted by atomic mass is 16.5. The summed E-state index contributed by atoms with van der Waals surface area (Å²) in [6.45, 7) is 5.64. The molecule has 1 aliphatic heterocycles. The highest BCUT2D eigenvalue weighted by Gasteiger charge is 2.21. The molecule has 144 valence electrons. The van der Waals surface area contributed by atoms with Crippen molar-refractivity contribution in [1.82, 2.24) is 25.1 Å². The van der Waals surface area contributed by atoms with Crippen molar-refractivity contribution in [2.45, 2.75) is 39.5 Å². The summed E-state index contributed by atoms with van der Waals surface area (Å²) in [5.74, 6) is 1.30.